The van der Waals surface area contributed by atoms with E-state index in [0.29, 0.717) is 17.1 Å². The molecule has 0 radical (unpaired) electrons. The Morgan fingerprint density at radius 2 is 1.70 bits per heavy atom. The van der Waals surface area contributed by atoms with E-state index >= 15 is 0 Å². The number of sulfonamides is 1. The molecule has 0 atom stereocenters. The van der Waals surface area contributed by atoms with Crippen LogP contribution in [0.1, 0.15) is 12.0 Å². The minimum absolute atomic E-state index is 0.0384. The number of nitrogens with zero attached hydrogens (tertiary/aromatic N) is 2. The predicted octanol–water partition coefficient (Wildman–Crippen LogP) is 2.97. The van der Waals surface area contributed by atoms with Gasteiger partial charge in [-0.05, 0) is 42.8 Å². The normalized spacial score (nSPS) is 15.8. The SMILES string of the molecule is O=S(=O)(Cc1cccc(Cl)c1)NCCCN1CCN(c2ccccc2)CC1. The van der Waals surface area contributed by atoms with Gasteiger partial charge in [0.15, 0.2) is 0 Å². The van der Waals surface area contributed by atoms with Gasteiger partial charge in [-0.3, -0.25) is 4.90 Å². The zero-order chi connectivity index (χ0) is 19.1. The molecule has 0 unspecified atom stereocenters. The Morgan fingerprint density at radius 3 is 2.41 bits per heavy atom. The predicted molar refractivity (Wildman–Crippen MR) is 112 cm³/mol. The third-order valence-corrected chi connectivity index (χ3v) is 6.30. The summed E-state index contributed by atoms with van der Waals surface area (Å²) in [6.07, 6.45) is 0.806. The van der Waals surface area contributed by atoms with E-state index in [1.165, 1.54) is 5.69 Å². The van der Waals surface area contributed by atoms with Crippen molar-refractivity contribution in [1.82, 2.24) is 9.62 Å². The lowest BCUT2D eigenvalue weighted by atomic mass is 10.2. The number of nitrogens with one attached hydrogen (secondary N) is 1. The van der Waals surface area contributed by atoms with Crippen LogP contribution in [0.15, 0.2) is 54.6 Å². The van der Waals surface area contributed by atoms with Gasteiger partial charge in [-0.25, -0.2) is 13.1 Å². The van der Waals surface area contributed by atoms with E-state index in [2.05, 4.69) is 38.8 Å². The highest BCUT2D eigenvalue weighted by atomic mass is 35.5. The number of anilines is 1. The van der Waals surface area contributed by atoms with Crippen molar-refractivity contribution in [3.05, 3.63) is 65.2 Å². The Kier molecular flexibility index (Phi) is 7.13. The standard InChI is InChI=1S/C20H26ClN3O2S/c21-19-7-4-6-18(16-19)17-27(25,26)22-10-5-11-23-12-14-24(15-13-23)20-8-2-1-3-9-20/h1-4,6-9,16,22H,5,10-15,17H2. The topological polar surface area (TPSA) is 52.7 Å². The quantitative estimate of drug-likeness (QED) is 0.683. The first-order valence-corrected chi connectivity index (χ1v) is 11.3. The van der Waals surface area contributed by atoms with Crippen LogP contribution in [0.25, 0.3) is 0 Å². The molecule has 1 N–H and O–H groups in total. The lowest BCUT2D eigenvalue weighted by Crippen LogP contribution is -2.47. The average molecular weight is 408 g/mol. The number of benzene rings is 2. The Bertz CT molecular complexity index is 822. The Balaban J connectivity index is 1.35. The van der Waals surface area contributed by atoms with E-state index < -0.39 is 10.0 Å². The van der Waals surface area contributed by atoms with Crippen LogP contribution in [-0.4, -0.2) is 52.6 Å². The van der Waals surface area contributed by atoms with Crippen LogP contribution in [0.3, 0.4) is 0 Å². The summed E-state index contributed by atoms with van der Waals surface area (Å²) >= 11 is 5.91. The van der Waals surface area contributed by atoms with Crippen molar-refractivity contribution in [2.45, 2.75) is 12.2 Å². The molecule has 1 aliphatic rings. The molecule has 7 heteroatoms. The van der Waals surface area contributed by atoms with Crippen molar-refractivity contribution in [3.8, 4) is 0 Å². The summed E-state index contributed by atoms with van der Waals surface area (Å²) in [5.74, 6) is -0.0384. The van der Waals surface area contributed by atoms with E-state index in [9.17, 15) is 8.42 Å². The van der Waals surface area contributed by atoms with Gasteiger partial charge in [-0.2, -0.15) is 0 Å². The molecule has 1 aliphatic heterocycles. The average Bonchev–Trinajstić information content (AvgIpc) is 2.66. The number of rotatable bonds is 8. The summed E-state index contributed by atoms with van der Waals surface area (Å²) < 4.78 is 27.1. The molecule has 1 saturated heterocycles. The van der Waals surface area contributed by atoms with E-state index in [1.807, 2.05) is 6.07 Å². The molecule has 0 bridgehead atoms. The van der Waals surface area contributed by atoms with Gasteiger partial charge in [0.25, 0.3) is 0 Å². The third kappa shape index (κ3) is 6.50. The monoisotopic (exact) mass is 407 g/mol. The largest absolute Gasteiger partial charge is 0.369 e. The van der Waals surface area contributed by atoms with Gasteiger partial charge >= 0.3 is 0 Å². The summed E-state index contributed by atoms with van der Waals surface area (Å²) in [5, 5.41) is 0.553. The van der Waals surface area contributed by atoms with Crippen molar-refractivity contribution >= 4 is 27.3 Å². The molecule has 0 spiro atoms. The Hall–Kier alpha value is -1.60. The van der Waals surface area contributed by atoms with Crippen molar-refractivity contribution in [1.29, 1.82) is 0 Å². The second-order valence-electron chi connectivity index (χ2n) is 6.80. The second-order valence-corrected chi connectivity index (χ2v) is 9.04. The molecule has 0 saturated carbocycles. The fourth-order valence-corrected chi connectivity index (χ4v) is 4.68. The summed E-state index contributed by atoms with van der Waals surface area (Å²) in [6, 6.07) is 17.4. The van der Waals surface area contributed by atoms with Crippen molar-refractivity contribution in [2.75, 3.05) is 44.2 Å². The van der Waals surface area contributed by atoms with Crippen molar-refractivity contribution in [3.63, 3.8) is 0 Å². The van der Waals surface area contributed by atoms with E-state index in [4.69, 9.17) is 11.6 Å². The summed E-state index contributed by atoms with van der Waals surface area (Å²) in [5.41, 5.74) is 1.97. The van der Waals surface area contributed by atoms with Crippen LogP contribution in [0.5, 0.6) is 0 Å². The van der Waals surface area contributed by atoms with Gasteiger partial charge in [0.2, 0.25) is 10.0 Å². The number of piperazine rings is 1. The molecule has 2 aromatic rings. The van der Waals surface area contributed by atoms with Crippen LogP contribution in [0.2, 0.25) is 5.02 Å². The second kappa shape index (κ2) is 9.55. The smallest absolute Gasteiger partial charge is 0.215 e. The number of halogens is 1. The summed E-state index contributed by atoms with van der Waals surface area (Å²) in [6.45, 7) is 5.38. The summed E-state index contributed by atoms with van der Waals surface area (Å²) in [7, 11) is -3.33. The number of para-hydroxylation sites is 1. The molecular weight excluding hydrogens is 382 g/mol. The molecule has 0 aliphatic carbocycles. The minimum Gasteiger partial charge on any atom is -0.369 e. The number of hydrogen-bond donors (Lipinski definition) is 1. The van der Waals surface area contributed by atoms with Gasteiger partial charge in [-0.1, -0.05) is 41.9 Å². The molecule has 5 nitrogen and oxygen atoms in total. The summed E-state index contributed by atoms with van der Waals surface area (Å²) in [4.78, 5) is 4.79. The molecule has 27 heavy (non-hydrogen) atoms. The first-order chi connectivity index (χ1) is 13.0. The van der Waals surface area contributed by atoms with E-state index in [0.717, 1.165) is 39.1 Å². The van der Waals surface area contributed by atoms with E-state index in [-0.39, 0.29) is 5.75 Å². The van der Waals surface area contributed by atoms with Gasteiger partial charge in [-0.15, -0.1) is 0 Å². The first-order valence-electron chi connectivity index (χ1n) is 9.26. The molecule has 1 heterocycles. The van der Waals surface area contributed by atoms with Gasteiger partial charge < -0.3 is 4.90 Å². The highest BCUT2D eigenvalue weighted by molar-refractivity contribution is 7.88. The van der Waals surface area contributed by atoms with Crippen LogP contribution < -0.4 is 9.62 Å². The van der Waals surface area contributed by atoms with Crippen LogP contribution >= 0.6 is 11.6 Å². The minimum atomic E-state index is -3.33. The Labute approximate surface area is 167 Å². The van der Waals surface area contributed by atoms with E-state index in [1.54, 1.807) is 24.3 Å². The van der Waals surface area contributed by atoms with Crippen LogP contribution in [0.4, 0.5) is 5.69 Å². The van der Waals surface area contributed by atoms with Gasteiger partial charge in [0.05, 0.1) is 5.75 Å². The van der Waals surface area contributed by atoms with Gasteiger partial charge in [0.1, 0.15) is 0 Å². The maximum absolute atomic E-state index is 12.2. The molecular formula is C20H26ClN3O2S. The highest BCUT2D eigenvalue weighted by Crippen LogP contribution is 2.16. The van der Waals surface area contributed by atoms with Crippen molar-refractivity contribution < 1.29 is 8.42 Å². The maximum atomic E-state index is 12.2. The molecule has 2 aromatic carbocycles. The van der Waals surface area contributed by atoms with Crippen LogP contribution in [0, 0.1) is 0 Å². The molecule has 146 valence electrons. The van der Waals surface area contributed by atoms with Gasteiger partial charge in [0, 0.05) is 43.4 Å². The number of hydrogen-bond acceptors (Lipinski definition) is 4. The maximum Gasteiger partial charge on any atom is 0.215 e. The lowest BCUT2D eigenvalue weighted by Gasteiger charge is -2.36. The first kappa shape index (κ1) is 20.1. The Morgan fingerprint density at radius 1 is 0.963 bits per heavy atom. The molecule has 0 amide bonds. The fourth-order valence-electron chi connectivity index (χ4n) is 3.30. The zero-order valence-electron chi connectivity index (χ0n) is 15.4. The van der Waals surface area contributed by atoms with Crippen LogP contribution in [-0.2, 0) is 15.8 Å². The lowest BCUT2D eigenvalue weighted by molar-refractivity contribution is 0.255. The third-order valence-electron chi connectivity index (χ3n) is 4.71. The molecule has 1 fully saturated rings. The fraction of sp³-hybridized carbons (Fsp3) is 0.400. The molecule has 0 aromatic heterocycles. The highest BCUT2D eigenvalue weighted by Gasteiger charge is 2.17. The molecule has 3 rings (SSSR count). The zero-order valence-corrected chi connectivity index (χ0v) is 16.9. The van der Waals surface area contributed by atoms with Crippen molar-refractivity contribution in [2.24, 2.45) is 0 Å².